The number of carbonyl (C=O) groups excluding carboxylic acids is 2. The summed E-state index contributed by atoms with van der Waals surface area (Å²) >= 11 is 0. The Morgan fingerprint density at radius 1 is 1.29 bits per heavy atom. The standard InChI is InChI=1S/C15H19N3O3/c1-17(21-2)14(19)8-9-15(20)18-11-10-13(16-18)12-6-4-3-5-7-12/h3-7H,8-11H2,1-2H3. The van der Waals surface area contributed by atoms with E-state index >= 15 is 0 Å². The van der Waals surface area contributed by atoms with Gasteiger partial charge >= 0.3 is 0 Å². The van der Waals surface area contributed by atoms with E-state index in [2.05, 4.69) is 5.10 Å². The van der Waals surface area contributed by atoms with Gasteiger partial charge in [-0.2, -0.15) is 5.10 Å². The number of hydrogen-bond donors (Lipinski definition) is 0. The molecule has 0 spiro atoms. The second kappa shape index (κ2) is 6.99. The van der Waals surface area contributed by atoms with Crippen LogP contribution in [0.5, 0.6) is 0 Å². The monoisotopic (exact) mass is 289 g/mol. The summed E-state index contributed by atoms with van der Waals surface area (Å²) in [6.07, 6.45) is 0.996. The Morgan fingerprint density at radius 2 is 2.00 bits per heavy atom. The minimum Gasteiger partial charge on any atom is -0.275 e. The quantitative estimate of drug-likeness (QED) is 0.770. The molecule has 0 atom stereocenters. The van der Waals surface area contributed by atoms with Crippen LogP contribution in [0.2, 0.25) is 0 Å². The number of carbonyl (C=O) groups is 2. The molecule has 0 aromatic heterocycles. The molecule has 0 aliphatic carbocycles. The number of benzene rings is 1. The van der Waals surface area contributed by atoms with Gasteiger partial charge in [-0.25, -0.2) is 10.1 Å². The Morgan fingerprint density at radius 3 is 2.67 bits per heavy atom. The minimum atomic E-state index is -0.225. The molecule has 1 aliphatic heterocycles. The van der Waals surface area contributed by atoms with Gasteiger partial charge in [0.25, 0.3) is 0 Å². The van der Waals surface area contributed by atoms with Gasteiger partial charge in [-0.05, 0) is 5.56 Å². The zero-order chi connectivity index (χ0) is 15.2. The normalized spacial score (nSPS) is 14.0. The summed E-state index contributed by atoms with van der Waals surface area (Å²) in [5, 5.41) is 6.91. The summed E-state index contributed by atoms with van der Waals surface area (Å²) in [4.78, 5) is 28.4. The number of hydroxylamine groups is 2. The molecule has 0 N–H and O–H groups in total. The molecule has 21 heavy (non-hydrogen) atoms. The molecule has 0 radical (unpaired) electrons. The molecule has 2 amide bonds. The van der Waals surface area contributed by atoms with Crippen LogP contribution in [0, 0.1) is 0 Å². The van der Waals surface area contributed by atoms with Gasteiger partial charge in [-0.1, -0.05) is 30.3 Å². The fraction of sp³-hybridized carbons (Fsp3) is 0.400. The van der Waals surface area contributed by atoms with E-state index in [9.17, 15) is 9.59 Å². The Balaban J connectivity index is 1.90. The first-order chi connectivity index (χ1) is 10.1. The molecular weight excluding hydrogens is 270 g/mol. The van der Waals surface area contributed by atoms with Crippen LogP contribution < -0.4 is 0 Å². The molecule has 1 aliphatic rings. The zero-order valence-corrected chi connectivity index (χ0v) is 12.3. The Bertz CT molecular complexity index is 542. The van der Waals surface area contributed by atoms with Crippen molar-refractivity contribution in [3.05, 3.63) is 35.9 Å². The predicted octanol–water partition coefficient (Wildman–Crippen LogP) is 1.42. The van der Waals surface area contributed by atoms with Crippen LogP contribution in [0.4, 0.5) is 0 Å². The summed E-state index contributed by atoms with van der Waals surface area (Å²) in [6.45, 7) is 0.567. The van der Waals surface area contributed by atoms with Gasteiger partial charge in [0.1, 0.15) is 0 Å². The van der Waals surface area contributed by atoms with Gasteiger partial charge in [0.2, 0.25) is 11.8 Å². The fourth-order valence-corrected chi connectivity index (χ4v) is 2.07. The van der Waals surface area contributed by atoms with E-state index in [0.717, 1.165) is 22.8 Å². The highest BCUT2D eigenvalue weighted by Gasteiger charge is 2.22. The van der Waals surface area contributed by atoms with E-state index in [1.54, 1.807) is 0 Å². The van der Waals surface area contributed by atoms with Crippen LogP contribution >= 0.6 is 0 Å². The van der Waals surface area contributed by atoms with Crippen molar-refractivity contribution in [2.24, 2.45) is 5.10 Å². The van der Waals surface area contributed by atoms with Gasteiger partial charge in [0.05, 0.1) is 19.4 Å². The smallest absolute Gasteiger partial charge is 0.246 e. The third-order valence-electron chi connectivity index (χ3n) is 3.37. The molecule has 6 nitrogen and oxygen atoms in total. The first-order valence-corrected chi connectivity index (χ1v) is 6.85. The average molecular weight is 289 g/mol. The molecule has 0 bridgehead atoms. The lowest BCUT2D eigenvalue weighted by molar-refractivity contribution is -0.169. The predicted molar refractivity (Wildman–Crippen MR) is 78.3 cm³/mol. The van der Waals surface area contributed by atoms with Crippen molar-refractivity contribution in [2.45, 2.75) is 19.3 Å². The van der Waals surface area contributed by atoms with Crippen molar-refractivity contribution in [3.8, 4) is 0 Å². The van der Waals surface area contributed by atoms with E-state index < -0.39 is 0 Å². The second-order valence-corrected chi connectivity index (χ2v) is 4.75. The van der Waals surface area contributed by atoms with Crippen LogP contribution in [0.25, 0.3) is 0 Å². The van der Waals surface area contributed by atoms with Gasteiger partial charge in [0, 0.05) is 26.3 Å². The number of hydrogen-bond acceptors (Lipinski definition) is 4. The summed E-state index contributed by atoms with van der Waals surface area (Å²) in [5.41, 5.74) is 1.94. The molecule has 112 valence electrons. The molecule has 1 aromatic carbocycles. The van der Waals surface area contributed by atoms with Crippen LogP contribution in [-0.2, 0) is 14.4 Å². The maximum atomic E-state index is 12.0. The van der Waals surface area contributed by atoms with Crippen LogP contribution in [0.3, 0.4) is 0 Å². The lowest BCUT2D eigenvalue weighted by atomic mass is 10.1. The molecule has 1 aromatic rings. The number of rotatable bonds is 5. The van der Waals surface area contributed by atoms with Crippen LogP contribution in [-0.4, -0.2) is 48.3 Å². The van der Waals surface area contributed by atoms with Crippen LogP contribution in [0.15, 0.2) is 35.4 Å². The molecule has 0 saturated heterocycles. The van der Waals surface area contributed by atoms with E-state index in [1.807, 2.05) is 30.3 Å². The highest BCUT2D eigenvalue weighted by molar-refractivity contribution is 6.02. The first-order valence-electron chi connectivity index (χ1n) is 6.85. The molecule has 1 heterocycles. The first kappa shape index (κ1) is 15.2. The zero-order valence-electron chi connectivity index (χ0n) is 12.3. The maximum Gasteiger partial charge on any atom is 0.246 e. The van der Waals surface area contributed by atoms with E-state index in [0.29, 0.717) is 6.54 Å². The van der Waals surface area contributed by atoms with Crippen molar-refractivity contribution in [2.75, 3.05) is 20.7 Å². The Labute approximate surface area is 123 Å². The number of hydrazone groups is 1. The summed E-state index contributed by atoms with van der Waals surface area (Å²) in [5.74, 6) is -0.365. The van der Waals surface area contributed by atoms with Crippen molar-refractivity contribution < 1.29 is 14.4 Å². The van der Waals surface area contributed by atoms with Gasteiger partial charge in [-0.3, -0.25) is 14.4 Å². The van der Waals surface area contributed by atoms with E-state index in [4.69, 9.17) is 4.84 Å². The van der Waals surface area contributed by atoms with Gasteiger partial charge in [-0.15, -0.1) is 0 Å². The van der Waals surface area contributed by atoms with E-state index in [1.165, 1.54) is 19.2 Å². The highest BCUT2D eigenvalue weighted by Crippen LogP contribution is 2.15. The third-order valence-corrected chi connectivity index (χ3v) is 3.37. The summed E-state index contributed by atoms with van der Waals surface area (Å²) in [7, 11) is 2.94. The topological polar surface area (TPSA) is 62.2 Å². The lowest BCUT2D eigenvalue weighted by Crippen LogP contribution is -2.28. The molecule has 2 rings (SSSR count). The highest BCUT2D eigenvalue weighted by atomic mass is 16.7. The number of amides is 2. The summed E-state index contributed by atoms with van der Waals surface area (Å²) in [6, 6.07) is 9.79. The van der Waals surface area contributed by atoms with Gasteiger partial charge < -0.3 is 0 Å². The van der Waals surface area contributed by atoms with Crippen molar-refractivity contribution >= 4 is 17.5 Å². The van der Waals surface area contributed by atoms with Gasteiger partial charge in [0.15, 0.2) is 0 Å². The third kappa shape index (κ3) is 3.88. The maximum absolute atomic E-state index is 12.0. The largest absolute Gasteiger partial charge is 0.275 e. The van der Waals surface area contributed by atoms with E-state index in [-0.39, 0.29) is 24.7 Å². The second-order valence-electron chi connectivity index (χ2n) is 4.75. The Kier molecular flexibility index (Phi) is 5.05. The molecule has 0 fully saturated rings. The van der Waals surface area contributed by atoms with Crippen molar-refractivity contribution in [1.29, 1.82) is 0 Å². The minimum absolute atomic E-state index is 0.121. The SMILES string of the molecule is CON(C)C(=O)CCC(=O)N1CCC(c2ccccc2)=N1. The van der Waals surface area contributed by atoms with Crippen molar-refractivity contribution in [3.63, 3.8) is 0 Å². The molecule has 0 saturated carbocycles. The molecular formula is C15H19N3O3. The average Bonchev–Trinajstić information content (AvgIpc) is 3.02. The molecule has 6 heteroatoms. The number of nitrogens with zero attached hydrogens (tertiary/aromatic N) is 3. The lowest BCUT2D eigenvalue weighted by Gasteiger charge is -2.14. The van der Waals surface area contributed by atoms with Crippen molar-refractivity contribution in [1.82, 2.24) is 10.1 Å². The Hall–Kier alpha value is -2.21. The van der Waals surface area contributed by atoms with Crippen LogP contribution in [0.1, 0.15) is 24.8 Å². The fourth-order valence-electron chi connectivity index (χ4n) is 2.07. The summed E-state index contributed by atoms with van der Waals surface area (Å²) < 4.78 is 0. The molecule has 0 unspecified atom stereocenters.